The van der Waals surface area contributed by atoms with E-state index in [1.807, 2.05) is 14.0 Å². The summed E-state index contributed by atoms with van der Waals surface area (Å²) in [5, 5.41) is 3.20. The van der Waals surface area contributed by atoms with Gasteiger partial charge < -0.3 is 10.1 Å². The molecule has 1 aliphatic rings. The molecule has 1 aromatic heterocycles. The van der Waals surface area contributed by atoms with E-state index in [9.17, 15) is 0 Å². The third-order valence-electron chi connectivity index (χ3n) is 6.57. The van der Waals surface area contributed by atoms with E-state index < -0.39 is 0 Å². The average Bonchev–Trinajstić information content (AvgIpc) is 2.94. The minimum atomic E-state index is 0.454. The smallest absolute Gasteiger partial charge is 0.221 e. The van der Waals surface area contributed by atoms with E-state index >= 15 is 0 Å². The largest absolute Gasteiger partial charge is 0.477 e. The highest BCUT2D eigenvalue weighted by Gasteiger charge is 2.18. The fourth-order valence-electron chi connectivity index (χ4n) is 4.63. The van der Waals surface area contributed by atoms with Crippen LogP contribution in [0.4, 0.5) is 0 Å². The van der Waals surface area contributed by atoms with E-state index in [0.717, 1.165) is 29.9 Å². The molecule has 198 valence electrons. The summed E-state index contributed by atoms with van der Waals surface area (Å²) in [7, 11) is 1.93. The van der Waals surface area contributed by atoms with E-state index in [1.165, 1.54) is 42.4 Å². The van der Waals surface area contributed by atoms with Crippen LogP contribution in [0, 0.1) is 25.7 Å². The van der Waals surface area contributed by atoms with Crippen LogP contribution in [0.5, 0.6) is 5.88 Å². The van der Waals surface area contributed by atoms with E-state index in [2.05, 4.69) is 88.3 Å². The van der Waals surface area contributed by atoms with Crippen LogP contribution >= 0.6 is 0 Å². The summed E-state index contributed by atoms with van der Waals surface area (Å²) in [6.45, 7) is 12.1. The topological polar surface area (TPSA) is 47.0 Å². The van der Waals surface area contributed by atoms with E-state index in [1.54, 1.807) is 11.1 Å². The molecule has 2 aromatic carbocycles. The predicted molar refractivity (Wildman–Crippen MR) is 157 cm³/mol. The fraction of sp³-hybridized carbons (Fsp3) is 0.455. The molecule has 0 unspecified atom stereocenters. The molecule has 0 saturated heterocycles. The molecule has 0 atom stereocenters. The summed E-state index contributed by atoms with van der Waals surface area (Å²) in [6.07, 6.45) is 15.3. The Morgan fingerprint density at radius 1 is 0.892 bits per heavy atom. The molecule has 0 spiro atoms. The lowest BCUT2D eigenvalue weighted by Crippen LogP contribution is -2.15. The SMILES string of the molecule is C#C.CCc1cccc(CC)c1-c1nc(C)c(CNC)c(OCC(C)C)n1.c1ccc2c(c1)CCCC2. The minimum Gasteiger partial charge on any atom is -0.477 e. The van der Waals surface area contributed by atoms with Crippen LogP contribution in [-0.4, -0.2) is 23.6 Å². The highest BCUT2D eigenvalue weighted by molar-refractivity contribution is 5.66. The Labute approximate surface area is 225 Å². The molecule has 0 aliphatic heterocycles. The van der Waals surface area contributed by atoms with Gasteiger partial charge in [0, 0.05) is 23.4 Å². The summed E-state index contributed by atoms with van der Waals surface area (Å²) < 4.78 is 6.05. The third kappa shape index (κ3) is 8.44. The van der Waals surface area contributed by atoms with Gasteiger partial charge in [-0.25, -0.2) is 4.98 Å². The van der Waals surface area contributed by atoms with Gasteiger partial charge in [0.2, 0.25) is 5.88 Å². The zero-order valence-electron chi connectivity index (χ0n) is 23.7. The summed E-state index contributed by atoms with van der Waals surface area (Å²) in [4.78, 5) is 9.67. The Hall–Kier alpha value is -3.16. The van der Waals surface area contributed by atoms with E-state index in [-0.39, 0.29) is 0 Å². The maximum absolute atomic E-state index is 6.05. The molecule has 0 fully saturated rings. The molecule has 0 radical (unpaired) electrons. The monoisotopic (exact) mass is 499 g/mol. The van der Waals surface area contributed by atoms with Gasteiger partial charge in [-0.1, -0.05) is 70.2 Å². The number of hydrogen-bond acceptors (Lipinski definition) is 4. The van der Waals surface area contributed by atoms with Gasteiger partial charge in [-0.05, 0) is 80.7 Å². The maximum atomic E-state index is 6.05. The van der Waals surface area contributed by atoms with Gasteiger partial charge in [-0.3, -0.25) is 0 Å². The van der Waals surface area contributed by atoms with Crippen molar-refractivity contribution in [2.75, 3.05) is 13.7 Å². The second-order valence-electron chi connectivity index (χ2n) is 9.79. The number of terminal acetylenes is 1. The van der Waals surface area contributed by atoms with Crippen LogP contribution in [0.3, 0.4) is 0 Å². The molecule has 0 saturated carbocycles. The third-order valence-corrected chi connectivity index (χ3v) is 6.57. The first-order valence-electron chi connectivity index (χ1n) is 13.6. The normalized spacial score (nSPS) is 12.0. The fourth-order valence-corrected chi connectivity index (χ4v) is 4.63. The number of benzene rings is 2. The van der Waals surface area contributed by atoms with Gasteiger partial charge in [0.15, 0.2) is 5.82 Å². The van der Waals surface area contributed by atoms with Crippen LogP contribution in [-0.2, 0) is 32.2 Å². The molecular weight excluding hydrogens is 454 g/mol. The zero-order valence-corrected chi connectivity index (χ0v) is 23.7. The lowest BCUT2D eigenvalue weighted by atomic mass is 9.92. The van der Waals surface area contributed by atoms with Crippen molar-refractivity contribution in [1.82, 2.24) is 15.3 Å². The Morgan fingerprint density at radius 2 is 1.46 bits per heavy atom. The number of nitrogens with one attached hydrogen (secondary N) is 1. The number of fused-ring (bicyclic) bond motifs is 1. The molecule has 4 rings (SSSR count). The standard InChI is InChI=1S/C21H31N3O.C10H12.C2H2/c1-7-16-10-9-11-17(8-2)19(16)20-23-15(5)18(12-22-6)21(24-20)25-13-14(3)4;1-2-6-10-8-4-3-7-9(10)5-1;1-2/h9-11,14,22H,7-8,12-13H2,1-6H3;1-2,5-6H,3-4,7-8H2;1-2H. The summed E-state index contributed by atoms with van der Waals surface area (Å²) in [5.41, 5.74) is 8.92. The Balaban J connectivity index is 0.000000330. The van der Waals surface area contributed by atoms with Crippen LogP contribution in [0.2, 0.25) is 0 Å². The molecule has 1 N–H and O–H groups in total. The van der Waals surface area contributed by atoms with Crippen molar-refractivity contribution in [3.05, 3.63) is 76.0 Å². The number of nitrogens with zero attached hydrogens (tertiary/aromatic N) is 2. The molecule has 0 amide bonds. The van der Waals surface area contributed by atoms with Crippen LogP contribution in [0.15, 0.2) is 42.5 Å². The number of ether oxygens (including phenoxy) is 1. The second kappa shape index (κ2) is 15.8. The van der Waals surface area contributed by atoms with Gasteiger partial charge in [-0.2, -0.15) is 4.98 Å². The average molecular weight is 500 g/mol. The van der Waals surface area contributed by atoms with Gasteiger partial charge >= 0.3 is 0 Å². The lowest BCUT2D eigenvalue weighted by Gasteiger charge is -2.17. The van der Waals surface area contributed by atoms with Gasteiger partial charge in [0.05, 0.1) is 6.61 Å². The van der Waals surface area contributed by atoms with Crippen LogP contribution < -0.4 is 10.1 Å². The Bertz CT molecular complexity index is 1090. The molecule has 1 heterocycles. The minimum absolute atomic E-state index is 0.454. The maximum Gasteiger partial charge on any atom is 0.221 e. The summed E-state index contributed by atoms with van der Waals surface area (Å²) >= 11 is 0. The number of aryl methyl sites for hydroxylation is 5. The molecule has 37 heavy (non-hydrogen) atoms. The quantitative estimate of drug-likeness (QED) is 0.334. The van der Waals surface area contributed by atoms with Crippen molar-refractivity contribution in [2.24, 2.45) is 5.92 Å². The molecule has 3 aromatic rings. The van der Waals surface area contributed by atoms with Crippen LogP contribution in [0.25, 0.3) is 11.4 Å². The van der Waals surface area contributed by atoms with Crippen molar-refractivity contribution >= 4 is 0 Å². The van der Waals surface area contributed by atoms with Crippen molar-refractivity contribution < 1.29 is 4.74 Å². The van der Waals surface area contributed by atoms with Crippen molar-refractivity contribution in [1.29, 1.82) is 0 Å². The predicted octanol–water partition coefficient (Wildman–Crippen LogP) is 7.15. The molecule has 0 bridgehead atoms. The van der Waals surface area contributed by atoms with Crippen LogP contribution in [0.1, 0.15) is 74.0 Å². The first kappa shape index (κ1) is 30.1. The number of aromatic nitrogens is 2. The first-order valence-corrected chi connectivity index (χ1v) is 13.6. The summed E-state index contributed by atoms with van der Waals surface area (Å²) in [5.74, 6) is 1.94. The first-order chi connectivity index (χ1) is 18.0. The number of hydrogen-bond donors (Lipinski definition) is 1. The highest BCUT2D eigenvalue weighted by Crippen LogP contribution is 2.30. The van der Waals surface area contributed by atoms with Crippen molar-refractivity contribution in [2.45, 2.75) is 79.7 Å². The van der Waals surface area contributed by atoms with Gasteiger partial charge in [0.1, 0.15) is 0 Å². The Kier molecular flexibility index (Phi) is 12.9. The van der Waals surface area contributed by atoms with Crippen molar-refractivity contribution in [3.63, 3.8) is 0 Å². The second-order valence-corrected chi connectivity index (χ2v) is 9.79. The van der Waals surface area contributed by atoms with Gasteiger partial charge in [-0.15, -0.1) is 12.8 Å². The highest BCUT2D eigenvalue weighted by atomic mass is 16.5. The zero-order chi connectivity index (χ0) is 27.2. The molecule has 4 nitrogen and oxygen atoms in total. The van der Waals surface area contributed by atoms with E-state index in [4.69, 9.17) is 14.7 Å². The van der Waals surface area contributed by atoms with Crippen molar-refractivity contribution in [3.8, 4) is 30.1 Å². The number of rotatable bonds is 8. The van der Waals surface area contributed by atoms with Gasteiger partial charge in [0.25, 0.3) is 0 Å². The summed E-state index contributed by atoms with van der Waals surface area (Å²) in [6, 6.07) is 15.3. The molecule has 1 aliphatic carbocycles. The van der Waals surface area contributed by atoms with E-state index in [0.29, 0.717) is 24.9 Å². The molecule has 4 heteroatoms. The lowest BCUT2D eigenvalue weighted by molar-refractivity contribution is 0.258. The Morgan fingerprint density at radius 3 is 1.95 bits per heavy atom. The molecular formula is C33H45N3O.